The van der Waals surface area contributed by atoms with Crippen LogP contribution in [0.15, 0.2) is 24.5 Å². The van der Waals surface area contributed by atoms with E-state index in [0.29, 0.717) is 0 Å². The van der Waals surface area contributed by atoms with Gasteiger partial charge in [-0.3, -0.25) is 4.79 Å². The fourth-order valence-electron chi connectivity index (χ4n) is 0.274. The molecule has 0 aliphatic heterocycles. The predicted octanol–water partition coefficient (Wildman–Crippen LogP) is 0.188. The number of carbonyl (C=O) groups excluding carboxylic acids is 1. The molecule has 0 aliphatic carbocycles. The summed E-state index contributed by atoms with van der Waals surface area (Å²) < 4.78 is 4.54. The summed E-state index contributed by atoms with van der Waals surface area (Å²) in [4.78, 5) is 10.0. The summed E-state index contributed by atoms with van der Waals surface area (Å²) in [7, 11) is 1.52. The number of amides is 1. The molecule has 0 bridgehead atoms. The molecular weight excluding hydrogens is 118 g/mol. The van der Waals surface area contributed by atoms with Crippen molar-refractivity contribution in [3.8, 4) is 0 Å². The summed E-state index contributed by atoms with van der Waals surface area (Å²) in [5, 5.41) is 0. The molecule has 2 N–H and O–H groups in total. The van der Waals surface area contributed by atoms with Crippen LogP contribution >= 0.6 is 0 Å². The molecule has 0 saturated carbocycles. The van der Waals surface area contributed by atoms with Gasteiger partial charge in [-0.15, -0.1) is 0 Å². The second-order valence-electron chi connectivity index (χ2n) is 1.33. The van der Waals surface area contributed by atoms with Crippen LogP contribution in [-0.4, -0.2) is 13.0 Å². The minimum atomic E-state index is -0.462. The largest absolute Gasteiger partial charge is 0.504 e. The number of carbonyl (C=O) groups is 1. The average molecular weight is 127 g/mol. The monoisotopic (exact) mass is 127 g/mol. The molecule has 50 valence electrons. The normalized spacial score (nSPS) is 10.8. The number of methoxy groups -OCH3 is 1. The van der Waals surface area contributed by atoms with Crippen molar-refractivity contribution >= 4 is 5.91 Å². The zero-order valence-corrected chi connectivity index (χ0v) is 5.20. The number of ether oxygens (including phenoxy) is 1. The Kier molecular flexibility index (Phi) is 4.22. The zero-order valence-electron chi connectivity index (χ0n) is 5.20. The molecule has 0 aliphatic rings. The minimum absolute atomic E-state index is 0.462. The molecule has 9 heavy (non-hydrogen) atoms. The van der Waals surface area contributed by atoms with Gasteiger partial charge in [-0.2, -0.15) is 0 Å². The van der Waals surface area contributed by atoms with Gasteiger partial charge in [0.15, 0.2) is 0 Å². The Balaban J connectivity index is 3.47. The molecule has 0 aromatic carbocycles. The van der Waals surface area contributed by atoms with Crippen molar-refractivity contribution in [2.24, 2.45) is 5.73 Å². The van der Waals surface area contributed by atoms with Crippen LogP contribution in [0.25, 0.3) is 0 Å². The number of hydrogen-bond donors (Lipinski definition) is 1. The van der Waals surface area contributed by atoms with Crippen LogP contribution in [0, 0.1) is 0 Å². The second kappa shape index (κ2) is 4.90. The van der Waals surface area contributed by atoms with Gasteiger partial charge in [-0.05, 0) is 6.08 Å². The summed E-state index contributed by atoms with van der Waals surface area (Å²) in [6, 6.07) is 0. The Labute approximate surface area is 53.8 Å². The number of rotatable bonds is 3. The molecule has 0 spiro atoms. The summed E-state index contributed by atoms with van der Waals surface area (Å²) in [6.07, 6.45) is 5.77. The van der Waals surface area contributed by atoms with E-state index in [4.69, 9.17) is 5.73 Å². The van der Waals surface area contributed by atoms with Gasteiger partial charge in [0.05, 0.1) is 13.4 Å². The van der Waals surface area contributed by atoms with Crippen LogP contribution in [0.3, 0.4) is 0 Å². The smallest absolute Gasteiger partial charge is 0.241 e. The summed E-state index contributed by atoms with van der Waals surface area (Å²) in [5.41, 5.74) is 4.77. The molecule has 0 fully saturated rings. The Morgan fingerprint density at radius 3 is 2.67 bits per heavy atom. The number of hydrogen-bond acceptors (Lipinski definition) is 2. The van der Waals surface area contributed by atoms with Gasteiger partial charge in [0.2, 0.25) is 5.91 Å². The lowest BCUT2D eigenvalue weighted by molar-refractivity contribution is -0.113. The van der Waals surface area contributed by atoms with Crippen molar-refractivity contribution < 1.29 is 9.53 Å². The highest BCUT2D eigenvalue weighted by Gasteiger charge is 1.75. The van der Waals surface area contributed by atoms with E-state index in [-0.39, 0.29) is 0 Å². The van der Waals surface area contributed by atoms with Crippen LogP contribution in [-0.2, 0) is 9.53 Å². The highest BCUT2D eigenvalue weighted by molar-refractivity contribution is 5.85. The van der Waals surface area contributed by atoms with Crippen LogP contribution in [0.2, 0.25) is 0 Å². The van der Waals surface area contributed by atoms with Crippen molar-refractivity contribution in [2.45, 2.75) is 0 Å². The molecule has 0 rings (SSSR count). The van der Waals surface area contributed by atoms with Crippen molar-refractivity contribution in [1.82, 2.24) is 0 Å². The minimum Gasteiger partial charge on any atom is -0.504 e. The first kappa shape index (κ1) is 7.75. The first-order chi connectivity index (χ1) is 4.27. The van der Waals surface area contributed by atoms with Gasteiger partial charge in [0.25, 0.3) is 0 Å². The molecular formula is C6H9NO2. The van der Waals surface area contributed by atoms with E-state index in [1.54, 1.807) is 6.08 Å². The molecule has 0 atom stereocenters. The Bertz CT molecular complexity index is 138. The van der Waals surface area contributed by atoms with Gasteiger partial charge in [-0.25, -0.2) is 0 Å². The SMILES string of the molecule is COC=CC=CC(N)=O. The molecule has 0 aromatic heterocycles. The van der Waals surface area contributed by atoms with Crippen LogP contribution in [0.1, 0.15) is 0 Å². The third-order valence-corrected chi connectivity index (χ3v) is 0.586. The fraction of sp³-hybridized carbons (Fsp3) is 0.167. The van der Waals surface area contributed by atoms with Crippen molar-refractivity contribution in [3.05, 3.63) is 24.5 Å². The standard InChI is InChI=1S/C6H9NO2/c1-9-5-3-2-4-6(7)8/h2-5H,1H3,(H2,7,8). The first-order valence-corrected chi connectivity index (χ1v) is 2.43. The number of nitrogens with two attached hydrogens (primary N) is 1. The Hall–Kier alpha value is -1.25. The number of allylic oxidation sites excluding steroid dienone is 2. The summed E-state index contributed by atoms with van der Waals surface area (Å²) in [5.74, 6) is -0.462. The first-order valence-electron chi connectivity index (χ1n) is 2.43. The van der Waals surface area contributed by atoms with Crippen molar-refractivity contribution in [2.75, 3.05) is 7.11 Å². The molecule has 3 heteroatoms. The van der Waals surface area contributed by atoms with E-state index in [2.05, 4.69) is 4.74 Å². The van der Waals surface area contributed by atoms with Crippen molar-refractivity contribution in [3.63, 3.8) is 0 Å². The second-order valence-corrected chi connectivity index (χ2v) is 1.33. The maximum Gasteiger partial charge on any atom is 0.241 e. The highest BCUT2D eigenvalue weighted by Crippen LogP contribution is 1.75. The van der Waals surface area contributed by atoms with Gasteiger partial charge in [0.1, 0.15) is 0 Å². The van der Waals surface area contributed by atoms with Crippen LogP contribution in [0.5, 0.6) is 0 Å². The third kappa shape index (κ3) is 6.75. The Morgan fingerprint density at radius 1 is 1.56 bits per heavy atom. The van der Waals surface area contributed by atoms with Crippen LogP contribution in [0.4, 0.5) is 0 Å². The van der Waals surface area contributed by atoms with E-state index in [9.17, 15) is 4.79 Å². The quantitative estimate of drug-likeness (QED) is 0.334. The predicted molar refractivity (Wildman–Crippen MR) is 34.5 cm³/mol. The van der Waals surface area contributed by atoms with Crippen LogP contribution < -0.4 is 5.73 Å². The maximum atomic E-state index is 10.0. The molecule has 0 saturated heterocycles. The zero-order chi connectivity index (χ0) is 7.11. The van der Waals surface area contributed by atoms with E-state index < -0.39 is 5.91 Å². The van der Waals surface area contributed by atoms with Gasteiger partial charge in [-0.1, -0.05) is 6.08 Å². The number of primary amides is 1. The maximum absolute atomic E-state index is 10.0. The molecule has 0 radical (unpaired) electrons. The van der Waals surface area contributed by atoms with E-state index in [0.717, 1.165) is 0 Å². The van der Waals surface area contributed by atoms with Gasteiger partial charge < -0.3 is 10.5 Å². The van der Waals surface area contributed by atoms with Crippen molar-refractivity contribution in [1.29, 1.82) is 0 Å². The molecule has 3 nitrogen and oxygen atoms in total. The highest BCUT2D eigenvalue weighted by atomic mass is 16.5. The lowest BCUT2D eigenvalue weighted by Crippen LogP contribution is -2.04. The Morgan fingerprint density at radius 2 is 2.22 bits per heavy atom. The third-order valence-electron chi connectivity index (χ3n) is 0.586. The topological polar surface area (TPSA) is 52.3 Å². The van der Waals surface area contributed by atoms with Gasteiger partial charge in [0, 0.05) is 6.08 Å². The lowest BCUT2D eigenvalue weighted by atomic mass is 10.5. The average Bonchev–Trinajstić information content (AvgIpc) is 1.80. The molecule has 0 unspecified atom stereocenters. The van der Waals surface area contributed by atoms with E-state index >= 15 is 0 Å². The fourth-order valence-corrected chi connectivity index (χ4v) is 0.274. The summed E-state index contributed by atoms with van der Waals surface area (Å²) in [6.45, 7) is 0. The summed E-state index contributed by atoms with van der Waals surface area (Å²) >= 11 is 0. The van der Waals surface area contributed by atoms with Gasteiger partial charge >= 0.3 is 0 Å². The van der Waals surface area contributed by atoms with E-state index in [1.807, 2.05) is 0 Å². The lowest BCUT2D eigenvalue weighted by Gasteiger charge is -1.80. The molecule has 1 amide bonds. The molecule has 0 aromatic rings. The van der Waals surface area contributed by atoms with E-state index in [1.165, 1.54) is 25.5 Å². The molecule has 0 heterocycles.